The fourth-order valence-corrected chi connectivity index (χ4v) is 3.25. The van der Waals surface area contributed by atoms with Crippen molar-refractivity contribution in [2.24, 2.45) is 5.73 Å². The van der Waals surface area contributed by atoms with Gasteiger partial charge in [-0.3, -0.25) is 4.90 Å². The summed E-state index contributed by atoms with van der Waals surface area (Å²) in [7, 11) is 0. The molecular weight excluding hydrogens is 256 g/mol. The first kappa shape index (κ1) is 14.3. The second-order valence-corrected chi connectivity index (χ2v) is 5.84. The zero-order chi connectivity index (χ0) is 14.5. The molecule has 1 fully saturated rings. The summed E-state index contributed by atoms with van der Waals surface area (Å²) in [5.74, 6) is 0. The van der Waals surface area contributed by atoms with Gasteiger partial charge in [0, 0.05) is 12.6 Å². The molecule has 0 aromatic heterocycles. The van der Waals surface area contributed by atoms with Gasteiger partial charge in [-0.15, -0.1) is 0 Å². The largest absolute Gasteiger partial charge is 0.329 e. The van der Waals surface area contributed by atoms with Gasteiger partial charge in [0.1, 0.15) is 0 Å². The molecule has 2 heteroatoms. The molecule has 1 aliphatic heterocycles. The molecule has 2 N–H and O–H groups in total. The molecule has 21 heavy (non-hydrogen) atoms. The van der Waals surface area contributed by atoms with Crippen molar-refractivity contribution in [1.82, 2.24) is 4.90 Å². The maximum atomic E-state index is 6.04. The first-order valence-corrected chi connectivity index (χ1v) is 7.98. The molecule has 0 aliphatic carbocycles. The Balaban J connectivity index is 1.79. The van der Waals surface area contributed by atoms with E-state index in [1.165, 1.54) is 49.0 Å². The summed E-state index contributed by atoms with van der Waals surface area (Å²) in [5, 5.41) is 0. The molecule has 1 heterocycles. The lowest BCUT2D eigenvalue weighted by molar-refractivity contribution is 0.167. The number of nitrogens with zero attached hydrogens (tertiary/aromatic N) is 1. The Morgan fingerprint density at radius 1 is 0.810 bits per heavy atom. The average Bonchev–Trinajstić information content (AvgIpc) is 2.58. The third kappa shape index (κ3) is 3.34. The van der Waals surface area contributed by atoms with Gasteiger partial charge in [0.05, 0.1) is 0 Å². The van der Waals surface area contributed by atoms with Crippen LogP contribution >= 0.6 is 0 Å². The second kappa shape index (κ2) is 6.88. The van der Waals surface area contributed by atoms with Gasteiger partial charge in [0.15, 0.2) is 0 Å². The number of likely N-dealkylation sites (tertiary alicyclic amines) is 1. The summed E-state index contributed by atoms with van der Waals surface area (Å²) in [6.45, 7) is 3.06. The Hall–Kier alpha value is -1.64. The third-order valence-electron chi connectivity index (χ3n) is 4.46. The lowest BCUT2D eigenvalue weighted by Gasteiger charge is -2.34. The average molecular weight is 280 g/mol. The molecule has 2 aromatic carbocycles. The van der Waals surface area contributed by atoms with E-state index in [2.05, 4.69) is 59.5 Å². The van der Waals surface area contributed by atoms with Crippen molar-refractivity contribution in [2.45, 2.75) is 25.3 Å². The lowest BCUT2D eigenvalue weighted by atomic mass is 9.98. The van der Waals surface area contributed by atoms with E-state index in [1.807, 2.05) is 0 Å². The highest BCUT2D eigenvalue weighted by Gasteiger charge is 2.20. The van der Waals surface area contributed by atoms with Crippen LogP contribution in [0.25, 0.3) is 11.1 Å². The smallest absolute Gasteiger partial charge is 0.0470 e. The summed E-state index contributed by atoms with van der Waals surface area (Å²) >= 11 is 0. The van der Waals surface area contributed by atoms with Crippen LogP contribution in [0.2, 0.25) is 0 Å². The van der Waals surface area contributed by atoms with Gasteiger partial charge in [0.2, 0.25) is 0 Å². The van der Waals surface area contributed by atoms with Crippen LogP contribution in [0.15, 0.2) is 54.6 Å². The normalized spacial score (nSPS) is 17.6. The molecule has 2 aromatic rings. The van der Waals surface area contributed by atoms with Gasteiger partial charge in [-0.1, -0.05) is 61.0 Å². The summed E-state index contributed by atoms with van der Waals surface area (Å²) in [6, 6.07) is 19.8. The Bertz CT molecular complexity index is 542. The van der Waals surface area contributed by atoms with E-state index in [0.29, 0.717) is 12.6 Å². The number of piperidine rings is 1. The van der Waals surface area contributed by atoms with Crippen LogP contribution in [0.5, 0.6) is 0 Å². The summed E-state index contributed by atoms with van der Waals surface area (Å²) < 4.78 is 0. The zero-order valence-corrected chi connectivity index (χ0v) is 12.5. The van der Waals surface area contributed by atoms with E-state index in [1.54, 1.807) is 0 Å². The van der Waals surface area contributed by atoms with E-state index in [9.17, 15) is 0 Å². The molecule has 0 amide bonds. The quantitative estimate of drug-likeness (QED) is 0.922. The van der Waals surface area contributed by atoms with E-state index < -0.39 is 0 Å². The Morgan fingerprint density at radius 3 is 2.05 bits per heavy atom. The molecule has 1 saturated heterocycles. The minimum Gasteiger partial charge on any atom is -0.329 e. The third-order valence-corrected chi connectivity index (χ3v) is 4.46. The van der Waals surface area contributed by atoms with Crippen LogP contribution < -0.4 is 5.73 Å². The second-order valence-electron chi connectivity index (χ2n) is 5.84. The van der Waals surface area contributed by atoms with Crippen LogP contribution in [-0.2, 0) is 0 Å². The van der Waals surface area contributed by atoms with Gasteiger partial charge < -0.3 is 5.73 Å². The van der Waals surface area contributed by atoms with Crippen molar-refractivity contribution in [2.75, 3.05) is 19.6 Å². The van der Waals surface area contributed by atoms with E-state index >= 15 is 0 Å². The lowest BCUT2D eigenvalue weighted by Crippen LogP contribution is -2.37. The fraction of sp³-hybridized carbons (Fsp3) is 0.368. The molecular formula is C19H24N2. The Kier molecular flexibility index (Phi) is 4.69. The molecule has 0 bridgehead atoms. The van der Waals surface area contributed by atoms with Crippen molar-refractivity contribution < 1.29 is 0 Å². The zero-order valence-electron chi connectivity index (χ0n) is 12.5. The molecule has 110 valence electrons. The molecule has 1 atom stereocenters. The van der Waals surface area contributed by atoms with Crippen molar-refractivity contribution >= 4 is 0 Å². The highest BCUT2D eigenvalue weighted by Crippen LogP contribution is 2.26. The standard InChI is InChI=1S/C19H24N2/c20-15-19(21-13-5-2-6-14-21)18-11-9-17(10-12-18)16-7-3-1-4-8-16/h1,3-4,7-12,19H,2,5-6,13-15,20H2. The Labute approximate surface area is 127 Å². The number of rotatable bonds is 4. The maximum Gasteiger partial charge on any atom is 0.0470 e. The molecule has 0 spiro atoms. The summed E-state index contributed by atoms with van der Waals surface area (Å²) in [4.78, 5) is 2.54. The van der Waals surface area contributed by atoms with Crippen LogP contribution in [0.3, 0.4) is 0 Å². The van der Waals surface area contributed by atoms with Crippen LogP contribution in [-0.4, -0.2) is 24.5 Å². The fourth-order valence-electron chi connectivity index (χ4n) is 3.25. The number of hydrogen-bond donors (Lipinski definition) is 1. The summed E-state index contributed by atoms with van der Waals surface area (Å²) in [5.41, 5.74) is 9.93. The minimum absolute atomic E-state index is 0.370. The SMILES string of the molecule is NCC(c1ccc(-c2ccccc2)cc1)N1CCCCC1. The predicted octanol–water partition coefficient (Wildman–Crippen LogP) is 3.84. The van der Waals surface area contributed by atoms with Crippen LogP contribution in [0.4, 0.5) is 0 Å². The number of hydrogen-bond acceptors (Lipinski definition) is 2. The first-order valence-electron chi connectivity index (χ1n) is 7.98. The van der Waals surface area contributed by atoms with Crippen LogP contribution in [0.1, 0.15) is 30.9 Å². The highest BCUT2D eigenvalue weighted by molar-refractivity contribution is 5.63. The van der Waals surface area contributed by atoms with E-state index in [4.69, 9.17) is 5.73 Å². The molecule has 0 radical (unpaired) electrons. The van der Waals surface area contributed by atoms with Gasteiger partial charge in [0.25, 0.3) is 0 Å². The molecule has 1 aliphatic rings. The van der Waals surface area contributed by atoms with Crippen molar-refractivity contribution in [3.05, 3.63) is 60.2 Å². The molecule has 3 rings (SSSR count). The van der Waals surface area contributed by atoms with E-state index in [-0.39, 0.29) is 0 Å². The highest BCUT2D eigenvalue weighted by atomic mass is 15.2. The van der Waals surface area contributed by atoms with Crippen molar-refractivity contribution in [1.29, 1.82) is 0 Å². The molecule has 2 nitrogen and oxygen atoms in total. The van der Waals surface area contributed by atoms with Gasteiger partial charge in [-0.25, -0.2) is 0 Å². The maximum absolute atomic E-state index is 6.04. The van der Waals surface area contributed by atoms with Crippen molar-refractivity contribution in [3.8, 4) is 11.1 Å². The molecule has 1 unspecified atom stereocenters. The Morgan fingerprint density at radius 2 is 1.43 bits per heavy atom. The van der Waals surface area contributed by atoms with E-state index in [0.717, 1.165) is 0 Å². The molecule has 0 saturated carbocycles. The number of benzene rings is 2. The van der Waals surface area contributed by atoms with Crippen LogP contribution in [0, 0.1) is 0 Å². The van der Waals surface area contributed by atoms with Crippen molar-refractivity contribution in [3.63, 3.8) is 0 Å². The summed E-state index contributed by atoms with van der Waals surface area (Å²) in [6.07, 6.45) is 3.97. The predicted molar refractivity (Wildman–Crippen MR) is 89.1 cm³/mol. The van der Waals surface area contributed by atoms with Gasteiger partial charge in [-0.2, -0.15) is 0 Å². The van der Waals surface area contributed by atoms with Gasteiger partial charge in [-0.05, 0) is 42.6 Å². The first-order chi connectivity index (χ1) is 10.4. The van der Waals surface area contributed by atoms with Gasteiger partial charge >= 0.3 is 0 Å². The number of nitrogens with two attached hydrogens (primary N) is 1. The monoisotopic (exact) mass is 280 g/mol. The topological polar surface area (TPSA) is 29.3 Å². The minimum atomic E-state index is 0.370.